The second kappa shape index (κ2) is 5.38. The Morgan fingerprint density at radius 3 is 2.53 bits per heavy atom. The highest BCUT2D eigenvalue weighted by atomic mass is 35.5. The first-order chi connectivity index (χ1) is 7.06. The minimum Gasteiger partial charge on any atom is -0.492 e. The van der Waals surface area contributed by atoms with Crippen molar-refractivity contribution < 1.29 is 4.74 Å². The molecule has 1 atom stereocenters. The van der Waals surface area contributed by atoms with Gasteiger partial charge in [0.1, 0.15) is 5.75 Å². The third-order valence-corrected chi connectivity index (χ3v) is 2.81. The first-order valence-corrected chi connectivity index (χ1v) is 5.52. The summed E-state index contributed by atoms with van der Waals surface area (Å²) in [4.78, 5) is 2.14. The molecule has 0 aliphatic heterocycles. The maximum Gasteiger partial charge on any atom is 0.137 e. The second-order valence-corrected chi connectivity index (χ2v) is 4.17. The van der Waals surface area contributed by atoms with Crippen molar-refractivity contribution in [2.45, 2.75) is 19.9 Å². The lowest BCUT2D eigenvalue weighted by Crippen LogP contribution is -2.16. The number of rotatable bonds is 4. The van der Waals surface area contributed by atoms with Crippen LogP contribution in [0.2, 0.25) is 5.02 Å². The van der Waals surface area contributed by atoms with Gasteiger partial charge in [-0.2, -0.15) is 0 Å². The average molecular weight is 228 g/mol. The molecule has 0 heterocycles. The third-order valence-electron chi connectivity index (χ3n) is 2.51. The molecule has 0 saturated heterocycles. The summed E-state index contributed by atoms with van der Waals surface area (Å²) in [5, 5.41) is 0.683. The van der Waals surface area contributed by atoms with Gasteiger partial charge in [0, 0.05) is 6.04 Å². The number of nitrogens with zero attached hydrogens (tertiary/aromatic N) is 1. The summed E-state index contributed by atoms with van der Waals surface area (Å²) in [6.45, 7) is 4.74. The number of hydrogen-bond acceptors (Lipinski definition) is 2. The molecular formula is C12H18ClNO. The van der Waals surface area contributed by atoms with E-state index in [1.54, 1.807) is 0 Å². The van der Waals surface area contributed by atoms with E-state index in [1.807, 2.05) is 19.1 Å². The normalized spacial score (nSPS) is 12.9. The van der Waals surface area contributed by atoms with Crippen LogP contribution in [0.4, 0.5) is 0 Å². The molecule has 0 amide bonds. The number of hydrogen-bond donors (Lipinski definition) is 0. The molecule has 0 fully saturated rings. The largest absolute Gasteiger partial charge is 0.492 e. The van der Waals surface area contributed by atoms with Crippen LogP contribution >= 0.6 is 11.6 Å². The van der Waals surface area contributed by atoms with Crippen molar-refractivity contribution in [3.8, 4) is 5.75 Å². The van der Waals surface area contributed by atoms with Gasteiger partial charge in [-0.3, -0.25) is 0 Å². The van der Waals surface area contributed by atoms with Gasteiger partial charge in [-0.15, -0.1) is 0 Å². The molecule has 0 spiro atoms. The van der Waals surface area contributed by atoms with E-state index in [0.29, 0.717) is 17.7 Å². The standard InChI is InChI=1S/C12H18ClNO/c1-5-15-12-7-6-10(8-11(12)13)9(2)14(3)4/h6-9H,5H2,1-4H3. The molecule has 3 heteroatoms. The Morgan fingerprint density at radius 1 is 1.40 bits per heavy atom. The van der Waals surface area contributed by atoms with Crippen molar-refractivity contribution in [3.63, 3.8) is 0 Å². The Labute approximate surface area is 96.8 Å². The Hall–Kier alpha value is -0.730. The van der Waals surface area contributed by atoms with Crippen LogP contribution in [0.3, 0.4) is 0 Å². The fourth-order valence-corrected chi connectivity index (χ4v) is 1.59. The first-order valence-electron chi connectivity index (χ1n) is 5.15. The van der Waals surface area contributed by atoms with Gasteiger partial charge < -0.3 is 9.64 Å². The lowest BCUT2D eigenvalue weighted by Gasteiger charge is -2.20. The quantitative estimate of drug-likeness (QED) is 0.782. The van der Waals surface area contributed by atoms with E-state index in [2.05, 4.69) is 32.0 Å². The van der Waals surface area contributed by atoms with Crippen molar-refractivity contribution in [1.29, 1.82) is 0 Å². The van der Waals surface area contributed by atoms with Crippen molar-refractivity contribution in [3.05, 3.63) is 28.8 Å². The van der Waals surface area contributed by atoms with Gasteiger partial charge in [-0.05, 0) is 45.6 Å². The lowest BCUT2D eigenvalue weighted by atomic mass is 10.1. The second-order valence-electron chi connectivity index (χ2n) is 3.76. The predicted molar refractivity (Wildman–Crippen MR) is 64.7 cm³/mol. The molecule has 0 aliphatic rings. The molecule has 1 rings (SSSR count). The molecule has 0 aliphatic carbocycles. The van der Waals surface area contributed by atoms with E-state index in [0.717, 1.165) is 5.75 Å². The number of halogens is 1. The monoisotopic (exact) mass is 227 g/mol. The molecule has 15 heavy (non-hydrogen) atoms. The van der Waals surface area contributed by atoms with Crippen LogP contribution in [-0.2, 0) is 0 Å². The van der Waals surface area contributed by atoms with Crippen LogP contribution in [-0.4, -0.2) is 25.6 Å². The molecule has 0 saturated carbocycles. The molecule has 1 unspecified atom stereocenters. The highest BCUT2D eigenvalue weighted by Crippen LogP contribution is 2.29. The van der Waals surface area contributed by atoms with Gasteiger partial charge >= 0.3 is 0 Å². The van der Waals surface area contributed by atoms with Gasteiger partial charge in [0.15, 0.2) is 0 Å². The Kier molecular flexibility index (Phi) is 4.43. The Balaban J connectivity index is 2.90. The molecule has 0 bridgehead atoms. The zero-order valence-corrected chi connectivity index (χ0v) is 10.5. The van der Waals surface area contributed by atoms with E-state index < -0.39 is 0 Å². The van der Waals surface area contributed by atoms with Crippen molar-refractivity contribution in [2.75, 3.05) is 20.7 Å². The molecule has 2 nitrogen and oxygen atoms in total. The smallest absolute Gasteiger partial charge is 0.137 e. The van der Waals surface area contributed by atoms with Crippen LogP contribution < -0.4 is 4.74 Å². The summed E-state index contributed by atoms with van der Waals surface area (Å²) in [5.74, 6) is 0.758. The topological polar surface area (TPSA) is 12.5 Å². The SMILES string of the molecule is CCOc1ccc(C(C)N(C)C)cc1Cl. The Morgan fingerprint density at radius 2 is 2.07 bits per heavy atom. The van der Waals surface area contributed by atoms with Gasteiger partial charge in [-0.25, -0.2) is 0 Å². The summed E-state index contributed by atoms with van der Waals surface area (Å²) in [7, 11) is 4.10. The fourth-order valence-electron chi connectivity index (χ4n) is 1.35. The van der Waals surface area contributed by atoms with Gasteiger partial charge in [0.05, 0.1) is 11.6 Å². The summed E-state index contributed by atoms with van der Waals surface area (Å²) < 4.78 is 5.39. The predicted octanol–water partition coefficient (Wildman–Crippen LogP) is 3.36. The van der Waals surface area contributed by atoms with E-state index in [9.17, 15) is 0 Å². The van der Waals surface area contributed by atoms with E-state index >= 15 is 0 Å². The summed E-state index contributed by atoms with van der Waals surface area (Å²) in [6, 6.07) is 6.32. The molecule has 0 N–H and O–H groups in total. The summed E-state index contributed by atoms with van der Waals surface area (Å²) in [5.41, 5.74) is 1.20. The number of ether oxygens (including phenoxy) is 1. The molecule has 84 valence electrons. The van der Waals surface area contributed by atoms with Crippen LogP contribution in [0.5, 0.6) is 5.75 Å². The van der Waals surface area contributed by atoms with Crippen molar-refractivity contribution >= 4 is 11.6 Å². The summed E-state index contributed by atoms with van der Waals surface area (Å²) in [6.07, 6.45) is 0. The van der Waals surface area contributed by atoms with Crippen LogP contribution in [0.15, 0.2) is 18.2 Å². The molecule has 1 aromatic carbocycles. The zero-order chi connectivity index (χ0) is 11.4. The molecule has 0 aromatic heterocycles. The highest BCUT2D eigenvalue weighted by molar-refractivity contribution is 6.32. The van der Waals surface area contributed by atoms with E-state index in [-0.39, 0.29) is 0 Å². The molecule has 0 radical (unpaired) electrons. The van der Waals surface area contributed by atoms with Crippen LogP contribution in [0.25, 0.3) is 0 Å². The van der Waals surface area contributed by atoms with Gasteiger partial charge in [0.2, 0.25) is 0 Å². The Bertz CT molecular complexity index is 325. The average Bonchev–Trinajstić information content (AvgIpc) is 2.20. The minimum absolute atomic E-state index is 0.359. The number of benzene rings is 1. The molecule has 1 aromatic rings. The maximum absolute atomic E-state index is 6.11. The fraction of sp³-hybridized carbons (Fsp3) is 0.500. The first kappa shape index (κ1) is 12.3. The summed E-state index contributed by atoms with van der Waals surface area (Å²) >= 11 is 6.11. The van der Waals surface area contributed by atoms with Crippen LogP contribution in [0, 0.1) is 0 Å². The third kappa shape index (κ3) is 3.11. The van der Waals surface area contributed by atoms with Crippen LogP contribution in [0.1, 0.15) is 25.5 Å². The lowest BCUT2D eigenvalue weighted by molar-refractivity contribution is 0.319. The zero-order valence-electron chi connectivity index (χ0n) is 9.75. The van der Waals surface area contributed by atoms with Crippen molar-refractivity contribution in [2.24, 2.45) is 0 Å². The van der Waals surface area contributed by atoms with Crippen molar-refractivity contribution in [1.82, 2.24) is 4.90 Å². The van der Waals surface area contributed by atoms with Gasteiger partial charge in [0.25, 0.3) is 0 Å². The maximum atomic E-state index is 6.11. The van der Waals surface area contributed by atoms with E-state index in [1.165, 1.54) is 5.56 Å². The van der Waals surface area contributed by atoms with E-state index in [4.69, 9.17) is 16.3 Å². The minimum atomic E-state index is 0.359. The highest BCUT2D eigenvalue weighted by Gasteiger charge is 2.10. The van der Waals surface area contributed by atoms with Gasteiger partial charge in [-0.1, -0.05) is 17.7 Å². The molecular weight excluding hydrogens is 210 g/mol.